The lowest BCUT2D eigenvalue weighted by molar-refractivity contribution is -0.156. The molecule has 6 saturated carbocycles. The Balaban J connectivity index is 0.000000164. The molecule has 21 nitrogen and oxygen atoms in total. The van der Waals surface area contributed by atoms with Gasteiger partial charge in [-0.05, 0) is 212 Å². The summed E-state index contributed by atoms with van der Waals surface area (Å²) in [6.45, 7) is 30.1. The number of esters is 2. The maximum absolute atomic E-state index is 13.0. The minimum Gasteiger partial charge on any atom is -0.481 e. The molecule has 0 radical (unpaired) electrons. The van der Waals surface area contributed by atoms with E-state index in [1.165, 1.54) is 19.3 Å². The first kappa shape index (κ1) is 76.3. The van der Waals surface area contributed by atoms with Crippen molar-refractivity contribution in [2.75, 3.05) is 0 Å². The number of aryl methyl sites for hydroxylation is 3. The number of hydrogen-bond acceptors (Lipinski definition) is 20. The van der Waals surface area contributed by atoms with E-state index in [1.807, 2.05) is 41.5 Å². The Bertz CT molecular complexity index is 3600. The lowest BCUT2D eigenvalue weighted by Crippen LogP contribution is -2.26. The minimum absolute atomic E-state index is 0.00111. The minimum atomic E-state index is -0.929. The number of rotatable bonds is 33. The van der Waals surface area contributed by atoms with Crippen LogP contribution in [0.3, 0.4) is 0 Å². The maximum atomic E-state index is 13.0. The van der Waals surface area contributed by atoms with Gasteiger partial charge in [0, 0.05) is 89.7 Å². The van der Waals surface area contributed by atoms with E-state index in [9.17, 15) is 33.9 Å². The standard InChI is InChI=1S/2C28H40N2O5.C24H32N2O5/c2*1-16(2)9-18-11-21(12-18)27-25(19-7-8-19)26(30-35-27)20(14-24(32)33-28(4,5)6)13-23(31)15-22-10-17(3)34-29-22;1-13(2)6-15-8-18(9-15)24-22(16-4-5-16)23(26-31-24)17(11-21(28)29)10-20(27)12-19-7-14(3)30-25-19/h2*10,16,18-21H,7-9,11-15H2,1-6H3;7,13,15-18H,4-6,8-12H2,1-3H3,(H,28,29)/t2*18?,20-,21?;15?,17-,18?/m111/s1. The molecule has 101 heavy (non-hydrogen) atoms. The van der Waals surface area contributed by atoms with Gasteiger partial charge < -0.3 is 41.7 Å². The molecule has 0 aromatic carbocycles. The molecular weight excluding hydrogens is 1280 g/mol. The first-order chi connectivity index (χ1) is 47.8. The lowest BCUT2D eigenvalue weighted by atomic mass is 9.69. The molecule has 12 rings (SSSR count). The zero-order valence-corrected chi connectivity index (χ0v) is 62.7. The number of carboxylic acids is 1. The van der Waals surface area contributed by atoms with Gasteiger partial charge in [-0.2, -0.15) is 0 Å². The van der Waals surface area contributed by atoms with Crippen LogP contribution in [-0.2, 0) is 57.5 Å². The fourth-order valence-electron chi connectivity index (χ4n) is 15.8. The molecule has 6 aromatic heterocycles. The molecule has 0 spiro atoms. The van der Waals surface area contributed by atoms with Gasteiger partial charge in [0.2, 0.25) is 0 Å². The zero-order valence-electron chi connectivity index (χ0n) is 62.7. The topological polar surface area (TPSA) is 297 Å². The van der Waals surface area contributed by atoms with Gasteiger partial charge in [0.05, 0.1) is 72.7 Å². The summed E-state index contributed by atoms with van der Waals surface area (Å²) < 4.78 is 44.3. The number of Topliss-reactive ketones (excluding diaryl/α,β-unsaturated/α-hetero) is 3. The fraction of sp³-hybridized carbons (Fsp3) is 0.700. The average molecular weight is 1400 g/mol. The molecule has 0 saturated heterocycles. The van der Waals surface area contributed by atoms with Gasteiger partial charge in [-0.15, -0.1) is 0 Å². The van der Waals surface area contributed by atoms with Crippen molar-refractivity contribution in [2.24, 2.45) is 35.5 Å². The quantitative estimate of drug-likeness (QED) is 0.0374. The number of aliphatic carboxylic acids is 1. The van der Waals surface area contributed by atoms with Crippen molar-refractivity contribution < 1.29 is 70.5 Å². The number of hydrogen-bond donors (Lipinski definition) is 1. The van der Waals surface area contributed by atoms with Crippen LogP contribution in [0.2, 0.25) is 0 Å². The molecule has 0 unspecified atom stereocenters. The van der Waals surface area contributed by atoms with Crippen LogP contribution >= 0.6 is 0 Å². The van der Waals surface area contributed by atoms with E-state index in [-0.39, 0.29) is 98.9 Å². The smallest absolute Gasteiger partial charge is 0.306 e. The fourth-order valence-corrected chi connectivity index (χ4v) is 15.8. The van der Waals surface area contributed by atoms with E-state index in [4.69, 9.17) is 36.6 Å². The summed E-state index contributed by atoms with van der Waals surface area (Å²) in [7, 11) is 0. The van der Waals surface area contributed by atoms with E-state index in [1.54, 1.807) is 39.0 Å². The number of carbonyl (C=O) groups excluding carboxylic acids is 5. The molecule has 6 aliphatic rings. The average Bonchev–Trinajstić information content (AvgIpc) is 1.63. The van der Waals surface area contributed by atoms with E-state index in [0.717, 1.165) is 140 Å². The second kappa shape index (κ2) is 33.0. The molecule has 0 bridgehead atoms. The van der Waals surface area contributed by atoms with Crippen LogP contribution in [0, 0.1) is 56.3 Å². The van der Waals surface area contributed by atoms with Crippen LogP contribution in [0.25, 0.3) is 0 Å². The number of carbonyl (C=O) groups is 6. The van der Waals surface area contributed by atoms with E-state index < -0.39 is 23.1 Å². The van der Waals surface area contributed by atoms with Crippen LogP contribution < -0.4 is 0 Å². The Morgan fingerprint density at radius 3 is 0.891 bits per heavy atom. The van der Waals surface area contributed by atoms with Crippen LogP contribution in [0.15, 0.2) is 45.3 Å². The molecule has 6 aromatic rings. The molecule has 6 fully saturated rings. The van der Waals surface area contributed by atoms with Crippen LogP contribution in [0.4, 0.5) is 0 Å². The summed E-state index contributed by atoms with van der Waals surface area (Å²) in [6, 6.07) is 5.28. The second-order valence-corrected chi connectivity index (χ2v) is 34.2. The molecule has 1 N–H and O–H groups in total. The Hall–Kier alpha value is -7.32. The Labute approximate surface area is 595 Å². The van der Waals surface area contributed by atoms with Crippen LogP contribution in [0.1, 0.15) is 357 Å². The summed E-state index contributed by atoms with van der Waals surface area (Å²) in [5.74, 6) is 8.80. The van der Waals surface area contributed by atoms with Gasteiger partial charge in [-0.1, -0.05) is 72.5 Å². The van der Waals surface area contributed by atoms with Crippen molar-refractivity contribution in [3.8, 4) is 0 Å². The Morgan fingerprint density at radius 1 is 0.406 bits per heavy atom. The van der Waals surface area contributed by atoms with Crippen molar-refractivity contribution >= 4 is 35.3 Å². The molecule has 21 heteroatoms. The van der Waals surface area contributed by atoms with Crippen molar-refractivity contribution in [3.05, 3.63) is 104 Å². The summed E-state index contributed by atoms with van der Waals surface area (Å²) in [5.41, 5.74) is 6.30. The van der Waals surface area contributed by atoms with Gasteiger partial charge in [0.25, 0.3) is 0 Å². The third-order valence-corrected chi connectivity index (χ3v) is 20.4. The highest BCUT2D eigenvalue weighted by Gasteiger charge is 2.46. The highest BCUT2D eigenvalue weighted by atomic mass is 16.6. The normalized spacial score (nSPS) is 21.3. The number of ether oxygens (including phenoxy) is 2. The maximum Gasteiger partial charge on any atom is 0.306 e. The highest BCUT2D eigenvalue weighted by Crippen LogP contribution is 2.56. The predicted molar refractivity (Wildman–Crippen MR) is 375 cm³/mol. The predicted octanol–water partition coefficient (Wildman–Crippen LogP) is 18.0. The molecule has 0 aliphatic heterocycles. The summed E-state index contributed by atoms with van der Waals surface area (Å²) in [5, 5.41) is 34.7. The molecule has 6 aliphatic carbocycles. The Kier molecular flexibility index (Phi) is 24.9. The third kappa shape index (κ3) is 22.1. The second-order valence-electron chi connectivity index (χ2n) is 34.2. The Morgan fingerprint density at radius 2 is 0.673 bits per heavy atom. The molecule has 6 heterocycles. The van der Waals surface area contributed by atoms with Crippen molar-refractivity contribution in [1.82, 2.24) is 30.9 Å². The number of aromatic nitrogens is 6. The van der Waals surface area contributed by atoms with E-state index >= 15 is 0 Å². The van der Waals surface area contributed by atoms with Crippen LogP contribution in [-0.4, -0.2) is 82.5 Å². The summed E-state index contributed by atoms with van der Waals surface area (Å²) in [4.78, 5) is 76.0. The molecular formula is C80H112N6O15. The van der Waals surface area contributed by atoms with Crippen molar-refractivity contribution in [3.63, 3.8) is 0 Å². The van der Waals surface area contributed by atoms with Gasteiger partial charge in [0.15, 0.2) is 0 Å². The highest BCUT2D eigenvalue weighted by molar-refractivity contribution is 5.84. The molecule has 552 valence electrons. The summed E-state index contributed by atoms with van der Waals surface area (Å²) >= 11 is 0. The lowest BCUT2D eigenvalue weighted by Gasteiger charge is -2.35. The number of carboxylic acid groups (broad SMARTS) is 1. The van der Waals surface area contributed by atoms with Crippen LogP contribution in [0.5, 0.6) is 0 Å². The van der Waals surface area contributed by atoms with E-state index in [0.29, 0.717) is 93.3 Å². The molecule has 0 amide bonds. The molecule has 3 atom stereocenters. The number of nitrogens with zero attached hydrogens (tertiary/aromatic N) is 6. The van der Waals surface area contributed by atoms with Gasteiger partial charge >= 0.3 is 17.9 Å². The zero-order chi connectivity index (χ0) is 72.8. The van der Waals surface area contributed by atoms with Crippen molar-refractivity contribution in [2.45, 2.75) is 322 Å². The van der Waals surface area contributed by atoms with Gasteiger partial charge in [0.1, 0.15) is 63.1 Å². The summed E-state index contributed by atoms with van der Waals surface area (Å²) in [6.07, 6.45) is 18.1. The first-order valence-corrected chi connectivity index (χ1v) is 37.7. The number of ketones is 3. The van der Waals surface area contributed by atoms with Crippen molar-refractivity contribution in [1.29, 1.82) is 0 Å². The largest absolute Gasteiger partial charge is 0.481 e. The first-order valence-electron chi connectivity index (χ1n) is 37.7. The monoisotopic (exact) mass is 1400 g/mol. The van der Waals surface area contributed by atoms with E-state index in [2.05, 4.69) is 72.5 Å². The SMILES string of the molecule is Cc1cc(CC(=O)C[C@H](CC(=O)O)c2noc(C3CC(CC(C)C)C3)c2C2CC2)no1.Cc1cc(CC(=O)C[C@H](CC(=O)OC(C)(C)C)c2noc(C3CC(CC(C)C)C3)c2C2CC2)no1.Cc1cc(CC(=O)C[C@H](CC(=O)OC(C)(C)C)c2noc(C3CC(CC(C)C)C3)c2C2CC2)no1. The third-order valence-electron chi connectivity index (χ3n) is 20.4. The van der Waals surface area contributed by atoms with Gasteiger partial charge in [-0.3, -0.25) is 28.8 Å². The van der Waals surface area contributed by atoms with Gasteiger partial charge in [-0.25, -0.2) is 0 Å².